The highest BCUT2D eigenvalue weighted by Crippen LogP contribution is 2.21. The Morgan fingerprint density at radius 3 is 2.94 bits per heavy atom. The van der Waals surface area contributed by atoms with Crippen LogP contribution in [0.25, 0.3) is 0 Å². The molecule has 0 spiro atoms. The number of imidazole rings is 1. The molecule has 1 heterocycles. The third-order valence-electron chi connectivity index (χ3n) is 2.58. The van der Waals surface area contributed by atoms with Crippen molar-refractivity contribution in [3.8, 4) is 0 Å². The van der Waals surface area contributed by atoms with E-state index in [1.54, 1.807) is 0 Å². The van der Waals surface area contributed by atoms with Gasteiger partial charge in [0, 0.05) is 23.4 Å². The predicted molar refractivity (Wildman–Crippen MR) is 69.4 cm³/mol. The molecule has 0 fully saturated rings. The zero-order valence-electron chi connectivity index (χ0n) is 9.37. The van der Waals surface area contributed by atoms with Crippen molar-refractivity contribution in [2.75, 3.05) is 5.32 Å². The first-order valence-corrected chi connectivity index (χ1v) is 5.91. The Balaban J connectivity index is 2.10. The normalized spacial score (nSPS) is 10.4. The Labute approximate surface area is 104 Å². The first-order valence-electron chi connectivity index (χ1n) is 5.12. The van der Waals surface area contributed by atoms with Crippen molar-refractivity contribution < 1.29 is 0 Å². The zero-order chi connectivity index (χ0) is 11.5. The Hall–Kier alpha value is -1.29. The first kappa shape index (κ1) is 11.2. The number of anilines is 1. The maximum Gasteiger partial charge on any atom is 0.0946 e. The number of benzene rings is 1. The largest absolute Gasteiger partial charge is 0.379 e. The van der Waals surface area contributed by atoms with E-state index in [9.17, 15) is 0 Å². The van der Waals surface area contributed by atoms with Crippen LogP contribution in [0.4, 0.5) is 5.69 Å². The molecule has 0 aliphatic rings. The van der Waals surface area contributed by atoms with Crippen LogP contribution in [0.5, 0.6) is 0 Å². The highest BCUT2D eigenvalue weighted by atomic mass is 79.9. The van der Waals surface area contributed by atoms with Gasteiger partial charge in [0.05, 0.1) is 18.6 Å². The number of aromatic nitrogens is 2. The van der Waals surface area contributed by atoms with Gasteiger partial charge in [0.2, 0.25) is 0 Å². The molecule has 3 nitrogen and oxygen atoms in total. The molecule has 1 N–H and O–H groups in total. The van der Waals surface area contributed by atoms with Gasteiger partial charge in [-0.15, -0.1) is 0 Å². The van der Waals surface area contributed by atoms with Gasteiger partial charge in [-0.25, -0.2) is 4.98 Å². The van der Waals surface area contributed by atoms with Crippen molar-refractivity contribution in [2.45, 2.75) is 13.5 Å². The van der Waals surface area contributed by atoms with Crippen molar-refractivity contribution >= 4 is 21.6 Å². The second kappa shape index (κ2) is 4.70. The van der Waals surface area contributed by atoms with E-state index >= 15 is 0 Å². The van der Waals surface area contributed by atoms with E-state index in [0.717, 1.165) is 16.7 Å². The number of hydrogen-bond donors (Lipinski definition) is 1. The molecule has 16 heavy (non-hydrogen) atoms. The summed E-state index contributed by atoms with van der Waals surface area (Å²) < 4.78 is 3.10. The van der Waals surface area contributed by atoms with E-state index in [2.05, 4.69) is 45.3 Å². The highest BCUT2D eigenvalue weighted by molar-refractivity contribution is 9.10. The van der Waals surface area contributed by atoms with Crippen LogP contribution in [0.1, 0.15) is 11.3 Å². The molecular formula is C12H14BrN3. The standard InChI is InChI=1S/C12H14BrN3/c1-9-3-4-10(13)5-12(9)15-7-11-6-14-8-16(11)2/h3-6,8,15H,7H2,1-2H3. The second-order valence-electron chi connectivity index (χ2n) is 3.81. The SMILES string of the molecule is Cc1ccc(Br)cc1NCc1cncn1C. The zero-order valence-corrected chi connectivity index (χ0v) is 11.0. The van der Waals surface area contributed by atoms with Gasteiger partial charge >= 0.3 is 0 Å². The third kappa shape index (κ3) is 2.44. The predicted octanol–water partition coefficient (Wildman–Crippen LogP) is 3.10. The Kier molecular flexibility index (Phi) is 3.29. The summed E-state index contributed by atoms with van der Waals surface area (Å²) in [5.41, 5.74) is 3.56. The average Bonchev–Trinajstić information content (AvgIpc) is 2.66. The van der Waals surface area contributed by atoms with Crippen LogP contribution < -0.4 is 5.32 Å². The van der Waals surface area contributed by atoms with E-state index in [4.69, 9.17) is 0 Å². The summed E-state index contributed by atoms with van der Waals surface area (Å²) in [6, 6.07) is 6.23. The summed E-state index contributed by atoms with van der Waals surface area (Å²) in [6.07, 6.45) is 3.69. The molecular weight excluding hydrogens is 266 g/mol. The van der Waals surface area contributed by atoms with Crippen LogP contribution >= 0.6 is 15.9 Å². The topological polar surface area (TPSA) is 29.9 Å². The maximum atomic E-state index is 4.09. The molecule has 1 aromatic heterocycles. The fourth-order valence-corrected chi connectivity index (χ4v) is 1.89. The molecule has 2 rings (SSSR count). The minimum absolute atomic E-state index is 0.786. The van der Waals surface area contributed by atoms with Gasteiger partial charge < -0.3 is 9.88 Å². The van der Waals surface area contributed by atoms with E-state index < -0.39 is 0 Å². The van der Waals surface area contributed by atoms with E-state index in [-0.39, 0.29) is 0 Å². The summed E-state index contributed by atoms with van der Waals surface area (Å²) in [6.45, 7) is 2.88. The van der Waals surface area contributed by atoms with Crippen LogP contribution in [0.2, 0.25) is 0 Å². The molecule has 84 valence electrons. The lowest BCUT2D eigenvalue weighted by molar-refractivity contribution is 0.837. The Morgan fingerprint density at radius 2 is 2.25 bits per heavy atom. The van der Waals surface area contributed by atoms with E-state index in [1.165, 1.54) is 11.3 Å². The smallest absolute Gasteiger partial charge is 0.0946 e. The molecule has 2 aromatic rings. The van der Waals surface area contributed by atoms with Crippen molar-refractivity contribution in [1.82, 2.24) is 9.55 Å². The van der Waals surface area contributed by atoms with Gasteiger partial charge in [0.1, 0.15) is 0 Å². The maximum absolute atomic E-state index is 4.09. The quantitative estimate of drug-likeness (QED) is 0.936. The molecule has 0 aliphatic carbocycles. The minimum atomic E-state index is 0.786. The lowest BCUT2D eigenvalue weighted by Crippen LogP contribution is -2.04. The second-order valence-corrected chi connectivity index (χ2v) is 4.72. The first-order chi connectivity index (χ1) is 7.66. The van der Waals surface area contributed by atoms with Crippen LogP contribution in [-0.4, -0.2) is 9.55 Å². The molecule has 4 heteroatoms. The van der Waals surface area contributed by atoms with Crippen LogP contribution in [0.15, 0.2) is 35.2 Å². The van der Waals surface area contributed by atoms with Gasteiger partial charge in [-0.2, -0.15) is 0 Å². The van der Waals surface area contributed by atoms with Crippen LogP contribution in [0.3, 0.4) is 0 Å². The molecule has 0 amide bonds. The molecule has 0 saturated carbocycles. The average molecular weight is 280 g/mol. The summed E-state index contributed by atoms with van der Waals surface area (Å²) in [7, 11) is 2.00. The summed E-state index contributed by atoms with van der Waals surface area (Å²) >= 11 is 3.47. The Morgan fingerprint density at radius 1 is 1.44 bits per heavy atom. The summed E-state index contributed by atoms with van der Waals surface area (Å²) in [5.74, 6) is 0. The summed E-state index contributed by atoms with van der Waals surface area (Å²) in [5, 5.41) is 3.41. The fourth-order valence-electron chi connectivity index (χ4n) is 1.53. The fraction of sp³-hybridized carbons (Fsp3) is 0.250. The molecule has 0 unspecified atom stereocenters. The molecule has 0 aliphatic heterocycles. The molecule has 0 radical (unpaired) electrons. The number of nitrogens with one attached hydrogen (secondary N) is 1. The van der Waals surface area contributed by atoms with Crippen molar-refractivity contribution in [2.24, 2.45) is 7.05 Å². The van der Waals surface area contributed by atoms with Crippen molar-refractivity contribution in [1.29, 1.82) is 0 Å². The monoisotopic (exact) mass is 279 g/mol. The van der Waals surface area contributed by atoms with Crippen LogP contribution in [0, 0.1) is 6.92 Å². The van der Waals surface area contributed by atoms with Gasteiger partial charge in [-0.05, 0) is 24.6 Å². The van der Waals surface area contributed by atoms with Gasteiger partial charge in [0.25, 0.3) is 0 Å². The number of halogens is 1. The molecule has 0 saturated heterocycles. The number of hydrogen-bond acceptors (Lipinski definition) is 2. The van der Waals surface area contributed by atoms with Gasteiger partial charge in [-0.1, -0.05) is 22.0 Å². The van der Waals surface area contributed by atoms with Gasteiger partial charge in [0.15, 0.2) is 0 Å². The van der Waals surface area contributed by atoms with Gasteiger partial charge in [-0.3, -0.25) is 0 Å². The minimum Gasteiger partial charge on any atom is -0.379 e. The number of nitrogens with zero attached hydrogens (tertiary/aromatic N) is 2. The Bertz CT molecular complexity index is 491. The lowest BCUT2D eigenvalue weighted by atomic mass is 10.2. The van der Waals surface area contributed by atoms with Crippen molar-refractivity contribution in [3.63, 3.8) is 0 Å². The third-order valence-corrected chi connectivity index (χ3v) is 3.07. The van der Waals surface area contributed by atoms with E-state index in [0.29, 0.717) is 0 Å². The van der Waals surface area contributed by atoms with Crippen LogP contribution in [-0.2, 0) is 13.6 Å². The van der Waals surface area contributed by atoms with E-state index in [1.807, 2.05) is 30.2 Å². The number of rotatable bonds is 3. The summed E-state index contributed by atoms with van der Waals surface area (Å²) in [4.78, 5) is 4.09. The molecule has 0 atom stereocenters. The highest BCUT2D eigenvalue weighted by Gasteiger charge is 2.01. The van der Waals surface area contributed by atoms with Crippen molar-refractivity contribution in [3.05, 3.63) is 46.5 Å². The molecule has 0 bridgehead atoms. The molecule has 1 aromatic carbocycles. The lowest BCUT2D eigenvalue weighted by Gasteiger charge is -2.10. The number of aryl methyl sites for hydroxylation is 2.